The van der Waals surface area contributed by atoms with E-state index in [0.29, 0.717) is 12.1 Å². The number of hydrogen-bond donors (Lipinski definition) is 1. The molecule has 5 heteroatoms. The molecule has 0 radical (unpaired) electrons. The van der Waals surface area contributed by atoms with Crippen molar-refractivity contribution in [3.63, 3.8) is 0 Å². The Morgan fingerprint density at radius 3 is 2.21 bits per heavy atom. The number of halogens is 3. The maximum Gasteiger partial charge on any atom is 0.137 e. The van der Waals surface area contributed by atoms with Crippen molar-refractivity contribution in [2.45, 2.75) is 0 Å². The van der Waals surface area contributed by atoms with Crippen molar-refractivity contribution in [2.24, 2.45) is 0 Å². The standard InChI is InChI=1S/C9H5F3N2/c10-6-1-7(11)9(8(12)2-6)5-3-13-14-4-5/h1-4H,(H,13,14). The van der Waals surface area contributed by atoms with Gasteiger partial charge in [0.1, 0.15) is 17.5 Å². The predicted molar refractivity (Wildman–Crippen MR) is 43.9 cm³/mol. The summed E-state index contributed by atoms with van der Waals surface area (Å²) in [5.41, 5.74) is -0.0276. The molecular weight excluding hydrogens is 193 g/mol. The molecular formula is C9H5F3N2. The van der Waals surface area contributed by atoms with Crippen LogP contribution < -0.4 is 0 Å². The zero-order valence-corrected chi connectivity index (χ0v) is 6.89. The van der Waals surface area contributed by atoms with Crippen LogP contribution in [0.3, 0.4) is 0 Å². The number of aromatic nitrogens is 2. The molecule has 0 fully saturated rings. The average molecular weight is 198 g/mol. The molecule has 0 saturated carbocycles. The maximum absolute atomic E-state index is 13.2. The summed E-state index contributed by atoms with van der Waals surface area (Å²) in [6.07, 6.45) is 2.60. The lowest BCUT2D eigenvalue weighted by Gasteiger charge is -2.01. The quantitative estimate of drug-likeness (QED) is 0.749. The van der Waals surface area contributed by atoms with Crippen molar-refractivity contribution >= 4 is 0 Å². The highest BCUT2D eigenvalue weighted by Gasteiger charge is 2.13. The van der Waals surface area contributed by atoms with Gasteiger partial charge in [-0.1, -0.05) is 0 Å². The molecule has 2 nitrogen and oxygen atoms in total. The van der Waals surface area contributed by atoms with Crippen LogP contribution in [0.15, 0.2) is 24.5 Å². The number of hydrogen-bond acceptors (Lipinski definition) is 1. The van der Waals surface area contributed by atoms with Crippen LogP contribution in [-0.4, -0.2) is 10.2 Å². The van der Waals surface area contributed by atoms with Crippen LogP contribution >= 0.6 is 0 Å². The second-order valence-corrected chi connectivity index (χ2v) is 2.73. The van der Waals surface area contributed by atoms with E-state index in [0.717, 1.165) is 0 Å². The third-order valence-corrected chi connectivity index (χ3v) is 1.79. The molecule has 1 aromatic heterocycles. The van der Waals surface area contributed by atoms with Gasteiger partial charge in [-0.25, -0.2) is 13.2 Å². The Morgan fingerprint density at radius 1 is 1.07 bits per heavy atom. The summed E-state index contributed by atoms with van der Waals surface area (Å²) < 4.78 is 38.9. The predicted octanol–water partition coefficient (Wildman–Crippen LogP) is 2.49. The highest BCUT2D eigenvalue weighted by Crippen LogP contribution is 2.25. The van der Waals surface area contributed by atoms with E-state index in [1.54, 1.807) is 0 Å². The number of aromatic amines is 1. The van der Waals surface area contributed by atoms with Crippen molar-refractivity contribution in [2.75, 3.05) is 0 Å². The van der Waals surface area contributed by atoms with Crippen molar-refractivity contribution < 1.29 is 13.2 Å². The van der Waals surface area contributed by atoms with Crippen LogP contribution in [0.4, 0.5) is 13.2 Å². The first-order chi connectivity index (χ1) is 6.68. The van der Waals surface area contributed by atoms with Gasteiger partial charge in [0.25, 0.3) is 0 Å². The highest BCUT2D eigenvalue weighted by atomic mass is 19.1. The summed E-state index contributed by atoms with van der Waals surface area (Å²) in [5, 5.41) is 5.97. The molecule has 72 valence electrons. The molecule has 0 aliphatic heterocycles. The third kappa shape index (κ3) is 1.37. The molecule has 0 unspecified atom stereocenters. The first kappa shape index (κ1) is 8.80. The van der Waals surface area contributed by atoms with Gasteiger partial charge in [-0.3, -0.25) is 5.10 Å². The third-order valence-electron chi connectivity index (χ3n) is 1.79. The van der Waals surface area contributed by atoms with E-state index in [9.17, 15) is 13.2 Å². The molecule has 0 saturated heterocycles. The number of nitrogens with zero attached hydrogens (tertiary/aromatic N) is 1. The summed E-state index contributed by atoms with van der Waals surface area (Å²) >= 11 is 0. The van der Waals surface area contributed by atoms with Gasteiger partial charge in [-0.15, -0.1) is 0 Å². The minimum atomic E-state index is -0.941. The maximum atomic E-state index is 13.2. The van der Waals surface area contributed by atoms with Gasteiger partial charge in [0.15, 0.2) is 0 Å². The van der Waals surface area contributed by atoms with Gasteiger partial charge in [0.05, 0.1) is 11.8 Å². The fraction of sp³-hybridized carbons (Fsp3) is 0. The number of rotatable bonds is 1. The first-order valence-electron chi connectivity index (χ1n) is 3.82. The smallest absolute Gasteiger partial charge is 0.137 e. The van der Waals surface area contributed by atoms with Crippen LogP contribution in [0.25, 0.3) is 11.1 Å². The summed E-state index contributed by atoms with van der Waals surface area (Å²) in [5.74, 6) is -2.82. The van der Waals surface area contributed by atoms with Crippen LogP contribution in [0.1, 0.15) is 0 Å². The molecule has 2 aromatic rings. The normalized spacial score (nSPS) is 10.5. The van der Waals surface area contributed by atoms with Gasteiger partial charge in [0, 0.05) is 23.9 Å². The van der Waals surface area contributed by atoms with Gasteiger partial charge in [0.2, 0.25) is 0 Å². The molecule has 1 heterocycles. The topological polar surface area (TPSA) is 28.7 Å². The molecule has 14 heavy (non-hydrogen) atoms. The monoisotopic (exact) mass is 198 g/mol. The van der Waals surface area contributed by atoms with E-state index in [1.165, 1.54) is 12.4 Å². The summed E-state index contributed by atoms with van der Waals surface area (Å²) in [6, 6.07) is 1.26. The van der Waals surface area contributed by atoms with Crippen LogP contribution in [-0.2, 0) is 0 Å². The Bertz CT molecular complexity index is 428. The Hall–Kier alpha value is -1.78. The van der Waals surface area contributed by atoms with Crippen molar-refractivity contribution in [1.29, 1.82) is 0 Å². The van der Waals surface area contributed by atoms with E-state index >= 15 is 0 Å². The Kier molecular flexibility index (Phi) is 1.99. The molecule has 1 N–H and O–H groups in total. The van der Waals surface area contributed by atoms with E-state index < -0.39 is 17.5 Å². The van der Waals surface area contributed by atoms with Gasteiger partial charge in [-0.05, 0) is 0 Å². The number of H-pyrrole nitrogens is 1. The van der Waals surface area contributed by atoms with Crippen LogP contribution in [0.2, 0.25) is 0 Å². The molecule has 0 aliphatic carbocycles. The molecule has 0 spiro atoms. The highest BCUT2D eigenvalue weighted by molar-refractivity contribution is 5.63. The Balaban J connectivity index is 2.64. The lowest BCUT2D eigenvalue weighted by molar-refractivity contribution is 0.548. The van der Waals surface area contributed by atoms with Crippen molar-refractivity contribution in [1.82, 2.24) is 10.2 Å². The van der Waals surface area contributed by atoms with Gasteiger partial charge in [-0.2, -0.15) is 5.10 Å². The van der Waals surface area contributed by atoms with E-state index in [1.807, 2.05) is 0 Å². The molecule has 0 bridgehead atoms. The molecule has 0 atom stereocenters. The average Bonchev–Trinajstić information content (AvgIpc) is 2.54. The fourth-order valence-corrected chi connectivity index (χ4v) is 1.21. The SMILES string of the molecule is Fc1cc(F)c(-c2cn[nH]c2)c(F)c1. The van der Waals surface area contributed by atoms with Gasteiger partial charge >= 0.3 is 0 Å². The Labute approximate surface area is 77.4 Å². The van der Waals surface area contributed by atoms with Crippen molar-refractivity contribution in [3.8, 4) is 11.1 Å². The zero-order valence-electron chi connectivity index (χ0n) is 6.89. The molecule has 0 aliphatic rings. The molecule has 1 aromatic carbocycles. The van der Waals surface area contributed by atoms with Crippen LogP contribution in [0, 0.1) is 17.5 Å². The summed E-state index contributed by atoms with van der Waals surface area (Å²) in [4.78, 5) is 0. The second kappa shape index (κ2) is 3.17. The minimum absolute atomic E-state index is 0.250. The largest absolute Gasteiger partial charge is 0.285 e. The molecule has 0 amide bonds. The van der Waals surface area contributed by atoms with Crippen LogP contribution in [0.5, 0.6) is 0 Å². The fourth-order valence-electron chi connectivity index (χ4n) is 1.21. The summed E-state index contributed by atoms with van der Waals surface area (Å²) in [7, 11) is 0. The second-order valence-electron chi connectivity index (χ2n) is 2.73. The Morgan fingerprint density at radius 2 is 1.71 bits per heavy atom. The van der Waals surface area contributed by atoms with E-state index in [4.69, 9.17) is 0 Å². The number of benzene rings is 1. The van der Waals surface area contributed by atoms with Crippen molar-refractivity contribution in [3.05, 3.63) is 42.0 Å². The van der Waals surface area contributed by atoms with E-state index in [2.05, 4.69) is 10.2 Å². The lowest BCUT2D eigenvalue weighted by Crippen LogP contribution is -1.90. The molecule has 2 rings (SSSR count). The minimum Gasteiger partial charge on any atom is -0.285 e. The first-order valence-corrected chi connectivity index (χ1v) is 3.82. The zero-order chi connectivity index (χ0) is 10.1. The lowest BCUT2D eigenvalue weighted by atomic mass is 10.1. The number of nitrogens with one attached hydrogen (secondary N) is 1. The van der Waals surface area contributed by atoms with Gasteiger partial charge < -0.3 is 0 Å². The summed E-state index contributed by atoms with van der Waals surface area (Å²) in [6.45, 7) is 0. The van der Waals surface area contributed by atoms with E-state index in [-0.39, 0.29) is 11.1 Å².